The first-order valence-electron chi connectivity index (χ1n) is 9.63. The van der Waals surface area contributed by atoms with Crippen LogP contribution in [0, 0.1) is 5.41 Å². The fourth-order valence-electron chi connectivity index (χ4n) is 3.53. The Labute approximate surface area is 174 Å². The molecule has 2 N–H and O–H groups in total. The summed E-state index contributed by atoms with van der Waals surface area (Å²) in [5.41, 5.74) is 0.376. The number of aryl methyl sites for hydroxylation is 1. The lowest BCUT2D eigenvalue weighted by Crippen LogP contribution is -2.43. The lowest BCUT2D eigenvalue weighted by atomic mass is 9.83. The summed E-state index contributed by atoms with van der Waals surface area (Å²) in [4.78, 5) is 4.36. The summed E-state index contributed by atoms with van der Waals surface area (Å²) in [6.45, 7) is 6.61. The highest BCUT2D eigenvalue weighted by Gasteiger charge is 2.33. The van der Waals surface area contributed by atoms with Crippen molar-refractivity contribution in [2.45, 2.75) is 58.4 Å². The monoisotopic (exact) mass is 478 g/mol. The highest BCUT2D eigenvalue weighted by atomic mass is 127. The van der Waals surface area contributed by atoms with Crippen molar-refractivity contribution in [1.82, 2.24) is 25.4 Å². The van der Waals surface area contributed by atoms with Crippen LogP contribution in [0.3, 0.4) is 0 Å². The predicted molar refractivity (Wildman–Crippen MR) is 116 cm³/mol. The van der Waals surface area contributed by atoms with Gasteiger partial charge in [-0.1, -0.05) is 12.8 Å². The van der Waals surface area contributed by atoms with Gasteiger partial charge in [-0.3, -0.25) is 4.99 Å². The molecular weight excluding hydrogens is 443 g/mol. The van der Waals surface area contributed by atoms with Crippen LogP contribution in [0.4, 0.5) is 0 Å². The average Bonchev–Trinajstić information content (AvgIpc) is 3.30. The van der Waals surface area contributed by atoms with Gasteiger partial charge in [0.2, 0.25) is 0 Å². The quantitative estimate of drug-likeness (QED) is 0.222. The van der Waals surface area contributed by atoms with Crippen LogP contribution in [0.5, 0.6) is 0 Å². The molecule has 1 aliphatic rings. The van der Waals surface area contributed by atoms with Gasteiger partial charge in [-0.2, -0.15) is 0 Å². The zero-order valence-corrected chi connectivity index (χ0v) is 18.6. The van der Waals surface area contributed by atoms with Crippen molar-refractivity contribution in [3.05, 3.63) is 12.7 Å². The Balaban J connectivity index is 0.00000338. The third-order valence-corrected chi connectivity index (χ3v) is 5.10. The molecule has 0 spiro atoms. The molecule has 0 bridgehead atoms. The maximum Gasteiger partial charge on any atom is 0.190 e. The van der Waals surface area contributed by atoms with E-state index in [1.54, 1.807) is 12.7 Å². The van der Waals surface area contributed by atoms with E-state index in [2.05, 4.69) is 32.7 Å². The van der Waals surface area contributed by atoms with Gasteiger partial charge < -0.3 is 19.9 Å². The number of ether oxygens (including phenoxy) is 1. The van der Waals surface area contributed by atoms with Gasteiger partial charge in [0.25, 0.3) is 0 Å². The van der Waals surface area contributed by atoms with E-state index in [1.807, 2.05) is 11.6 Å². The van der Waals surface area contributed by atoms with Gasteiger partial charge in [0.1, 0.15) is 12.7 Å². The molecule has 0 amide bonds. The van der Waals surface area contributed by atoms with E-state index in [0.29, 0.717) is 5.41 Å². The molecule has 2 rings (SSSR count). The van der Waals surface area contributed by atoms with Crippen LogP contribution in [-0.2, 0) is 11.3 Å². The Bertz CT molecular complexity index is 488. The molecular formula is C18H35IN6O. The second kappa shape index (κ2) is 13.3. The summed E-state index contributed by atoms with van der Waals surface area (Å²) >= 11 is 0. The van der Waals surface area contributed by atoms with Crippen LogP contribution >= 0.6 is 24.0 Å². The first-order chi connectivity index (χ1) is 12.3. The molecule has 1 aliphatic carbocycles. The Kier molecular flexibility index (Phi) is 11.8. The van der Waals surface area contributed by atoms with E-state index in [4.69, 9.17) is 4.74 Å². The van der Waals surface area contributed by atoms with Crippen LogP contribution < -0.4 is 10.6 Å². The Hall–Kier alpha value is -0.900. The lowest BCUT2D eigenvalue weighted by Gasteiger charge is -2.30. The second-order valence-corrected chi connectivity index (χ2v) is 6.91. The normalized spacial score (nSPS) is 16.3. The fourth-order valence-corrected chi connectivity index (χ4v) is 3.53. The molecule has 1 heterocycles. The zero-order valence-electron chi connectivity index (χ0n) is 16.2. The third kappa shape index (κ3) is 8.20. The van der Waals surface area contributed by atoms with Crippen molar-refractivity contribution in [1.29, 1.82) is 0 Å². The molecule has 0 aromatic carbocycles. The number of aliphatic imine (C=N–C) groups is 1. The number of nitrogens with zero attached hydrogens (tertiary/aromatic N) is 4. The predicted octanol–water partition coefficient (Wildman–Crippen LogP) is 2.83. The maximum absolute atomic E-state index is 5.59. The highest BCUT2D eigenvalue weighted by molar-refractivity contribution is 14.0. The Morgan fingerprint density at radius 1 is 1.19 bits per heavy atom. The number of hydrogen-bond donors (Lipinski definition) is 2. The van der Waals surface area contributed by atoms with Gasteiger partial charge in [-0.05, 0) is 44.4 Å². The van der Waals surface area contributed by atoms with Gasteiger partial charge in [-0.25, -0.2) is 0 Å². The summed E-state index contributed by atoms with van der Waals surface area (Å²) in [5, 5.41) is 14.6. The lowest BCUT2D eigenvalue weighted by molar-refractivity contribution is 0.105. The molecule has 1 fully saturated rings. The first-order valence-corrected chi connectivity index (χ1v) is 9.63. The van der Waals surface area contributed by atoms with E-state index >= 15 is 0 Å². The standard InChI is InChI=1S/C18H34N6O.HI/c1-3-25-13-10-18(8-4-5-9-18)14-21-17(19-2)20-11-6-7-12-24-15-22-23-16-24;/h15-16H,3-14H2,1-2H3,(H2,19,20,21);1H. The van der Waals surface area contributed by atoms with Crippen molar-refractivity contribution < 1.29 is 4.74 Å². The Morgan fingerprint density at radius 3 is 2.58 bits per heavy atom. The van der Waals surface area contributed by atoms with Crippen molar-refractivity contribution in [2.75, 3.05) is 33.4 Å². The molecule has 0 saturated heterocycles. The van der Waals surface area contributed by atoms with Crippen LogP contribution in [0.25, 0.3) is 0 Å². The second-order valence-electron chi connectivity index (χ2n) is 6.91. The van der Waals surface area contributed by atoms with E-state index in [9.17, 15) is 0 Å². The molecule has 0 radical (unpaired) electrons. The van der Waals surface area contributed by atoms with E-state index < -0.39 is 0 Å². The topological polar surface area (TPSA) is 76.4 Å². The SMILES string of the molecule is CCOCCC1(CNC(=NC)NCCCCn2cnnc2)CCCC1.I. The van der Waals surface area contributed by atoms with Gasteiger partial charge in [0.05, 0.1) is 0 Å². The van der Waals surface area contributed by atoms with E-state index in [1.165, 1.54) is 25.7 Å². The van der Waals surface area contributed by atoms with Crippen molar-refractivity contribution >= 4 is 29.9 Å². The summed E-state index contributed by atoms with van der Waals surface area (Å²) in [6.07, 6.45) is 12.1. The largest absolute Gasteiger partial charge is 0.382 e. The summed E-state index contributed by atoms with van der Waals surface area (Å²) < 4.78 is 7.60. The van der Waals surface area contributed by atoms with Crippen LogP contribution in [0.2, 0.25) is 0 Å². The van der Waals surface area contributed by atoms with Gasteiger partial charge in [-0.15, -0.1) is 34.2 Å². The van der Waals surface area contributed by atoms with Gasteiger partial charge in [0.15, 0.2) is 5.96 Å². The molecule has 0 atom stereocenters. The zero-order chi connectivity index (χ0) is 17.8. The number of aromatic nitrogens is 3. The van der Waals surface area contributed by atoms with Crippen molar-refractivity contribution in [3.63, 3.8) is 0 Å². The van der Waals surface area contributed by atoms with Crippen LogP contribution in [0.15, 0.2) is 17.6 Å². The number of guanidine groups is 1. The molecule has 0 aliphatic heterocycles. The molecule has 1 aromatic rings. The van der Waals surface area contributed by atoms with Gasteiger partial charge >= 0.3 is 0 Å². The Morgan fingerprint density at radius 2 is 1.92 bits per heavy atom. The van der Waals surface area contributed by atoms with Crippen molar-refractivity contribution in [2.24, 2.45) is 10.4 Å². The molecule has 0 unspecified atom stereocenters. The number of nitrogens with one attached hydrogen (secondary N) is 2. The van der Waals surface area contributed by atoms with Crippen LogP contribution in [-0.4, -0.2) is 54.1 Å². The smallest absolute Gasteiger partial charge is 0.190 e. The molecule has 1 saturated carbocycles. The third-order valence-electron chi connectivity index (χ3n) is 5.10. The average molecular weight is 478 g/mol. The fraction of sp³-hybridized carbons (Fsp3) is 0.833. The summed E-state index contributed by atoms with van der Waals surface area (Å²) in [7, 11) is 1.84. The number of hydrogen-bond acceptors (Lipinski definition) is 4. The van der Waals surface area contributed by atoms with E-state index in [-0.39, 0.29) is 24.0 Å². The first kappa shape index (κ1) is 23.1. The molecule has 1 aromatic heterocycles. The minimum atomic E-state index is 0. The molecule has 8 heteroatoms. The molecule has 150 valence electrons. The minimum Gasteiger partial charge on any atom is -0.382 e. The minimum absolute atomic E-state index is 0. The molecule has 26 heavy (non-hydrogen) atoms. The van der Waals surface area contributed by atoms with Crippen molar-refractivity contribution in [3.8, 4) is 0 Å². The summed E-state index contributed by atoms with van der Waals surface area (Å²) in [6, 6.07) is 0. The summed E-state index contributed by atoms with van der Waals surface area (Å²) in [5.74, 6) is 0.909. The van der Waals surface area contributed by atoms with Gasteiger partial charge in [0, 0.05) is 39.9 Å². The number of unbranched alkanes of at least 4 members (excludes halogenated alkanes) is 1. The molecule has 7 nitrogen and oxygen atoms in total. The number of halogens is 1. The highest BCUT2D eigenvalue weighted by Crippen LogP contribution is 2.40. The van der Waals surface area contributed by atoms with E-state index in [0.717, 1.165) is 58.1 Å². The van der Waals surface area contributed by atoms with Crippen LogP contribution in [0.1, 0.15) is 51.9 Å². The maximum atomic E-state index is 5.59. The number of rotatable bonds is 11.